The third-order valence-electron chi connectivity index (χ3n) is 3.82. The Morgan fingerprint density at radius 2 is 1.85 bits per heavy atom. The fourth-order valence-corrected chi connectivity index (χ4v) is 2.60. The van der Waals surface area contributed by atoms with Crippen molar-refractivity contribution in [3.05, 3.63) is 66.0 Å². The first-order chi connectivity index (χ1) is 12.6. The highest BCUT2D eigenvalue weighted by Crippen LogP contribution is 2.15. The molecule has 0 fully saturated rings. The molecule has 0 aliphatic heterocycles. The number of imidazole rings is 1. The zero-order valence-corrected chi connectivity index (χ0v) is 14.9. The van der Waals surface area contributed by atoms with Crippen molar-refractivity contribution < 1.29 is 4.79 Å². The van der Waals surface area contributed by atoms with E-state index in [2.05, 4.69) is 25.6 Å². The van der Waals surface area contributed by atoms with E-state index in [1.165, 1.54) is 0 Å². The van der Waals surface area contributed by atoms with Gasteiger partial charge in [0.15, 0.2) is 0 Å². The predicted octanol–water partition coefficient (Wildman–Crippen LogP) is 2.85. The summed E-state index contributed by atoms with van der Waals surface area (Å²) in [5, 5.41) is 6.08. The normalized spacial score (nSPS) is 10.5. The second kappa shape index (κ2) is 8.24. The van der Waals surface area contributed by atoms with E-state index >= 15 is 0 Å². The molecule has 2 aromatic heterocycles. The highest BCUT2D eigenvalue weighted by Gasteiger charge is 2.06. The molecule has 0 aliphatic carbocycles. The molecular weight excluding hydrogens is 328 g/mol. The lowest BCUT2D eigenvalue weighted by Gasteiger charge is -2.08. The van der Waals surface area contributed by atoms with Crippen molar-refractivity contribution in [1.82, 2.24) is 24.8 Å². The second-order valence-corrected chi connectivity index (χ2v) is 6.09. The molecule has 1 aromatic carbocycles. The lowest BCUT2D eigenvalue weighted by atomic mass is 10.2. The maximum absolute atomic E-state index is 12.2. The second-order valence-electron chi connectivity index (χ2n) is 6.09. The Kier molecular flexibility index (Phi) is 5.58. The van der Waals surface area contributed by atoms with Gasteiger partial charge in [-0.25, -0.2) is 15.0 Å². The third kappa shape index (κ3) is 4.89. The molecule has 2 heterocycles. The number of anilines is 2. The van der Waals surface area contributed by atoms with Gasteiger partial charge in [-0.1, -0.05) is 0 Å². The van der Waals surface area contributed by atoms with Gasteiger partial charge in [-0.05, 0) is 50.6 Å². The van der Waals surface area contributed by atoms with Crippen LogP contribution in [0.3, 0.4) is 0 Å². The number of carbonyl (C=O) groups is 1. The lowest BCUT2D eigenvalue weighted by molar-refractivity contribution is 0.0953. The molecule has 7 nitrogen and oxygen atoms in total. The summed E-state index contributed by atoms with van der Waals surface area (Å²) in [6.07, 6.45) is 6.28. The van der Waals surface area contributed by atoms with Gasteiger partial charge in [0.1, 0.15) is 0 Å². The molecule has 2 N–H and O–H groups in total. The minimum absolute atomic E-state index is 0.0789. The Bertz CT molecular complexity index is 838. The molecule has 0 spiro atoms. The number of hydrogen-bond acceptors (Lipinski definition) is 5. The Morgan fingerprint density at radius 3 is 2.50 bits per heavy atom. The quantitative estimate of drug-likeness (QED) is 0.640. The molecule has 26 heavy (non-hydrogen) atoms. The lowest BCUT2D eigenvalue weighted by Crippen LogP contribution is -2.25. The monoisotopic (exact) mass is 350 g/mol. The summed E-state index contributed by atoms with van der Waals surface area (Å²) in [7, 11) is 0. The number of rotatable bonds is 7. The van der Waals surface area contributed by atoms with E-state index in [1.807, 2.05) is 42.8 Å². The van der Waals surface area contributed by atoms with E-state index in [-0.39, 0.29) is 5.91 Å². The fraction of sp³-hybridized carbons (Fsp3) is 0.263. The van der Waals surface area contributed by atoms with Gasteiger partial charge in [0, 0.05) is 48.1 Å². The standard InChI is InChI=1S/C19H22N6O/c1-14-12-15(2)23-19(22-14)24-17-6-4-16(5-7-17)18(26)21-8-3-10-25-11-9-20-13-25/h4-7,9,11-13H,3,8,10H2,1-2H3,(H,21,26)(H,22,23,24). The molecule has 134 valence electrons. The van der Waals surface area contributed by atoms with Crippen molar-refractivity contribution >= 4 is 17.5 Å². The van der Waals surface area contributed by atoms with Crippen molar-refractivity contribution in [2.45, 2.75) is 26.8 Å². The summed E-state index contributed by atoms with van der Waals surface area (Å²) < 4.78 is 1.99. The number of nitrogens with zero attached hydrogens (tertiary/aromatic N) is 4. The number of aryl methyl sites for hydroxylation is 3. The minimum atomic E-state index is -0.0789. The molecule has 0 atom stereocenters. The van der Waals surface area contributed by atoms with Crippen LogP contribution >= 0.6 is 0 Å². The topological polar surface area (TPSA) is 84.7 Å². The van der Waals surface area contributed by atoms with Crippen molar-refractivity contribution in [1.29, 1.82) is 0 Å². The molecule has 1 amide bonds. The SMILES string of the molecule is Cc1cc(C)nc(Nc2ccc(C(=O)NCCCn3ccnc3)cc2)n1. The molecule has 0 aliphatic rings. The van der Waals surface area contributed by atoms with Crippen molar-refractivity contribution in [3.8, 4) is 0 Å². The first-order valence-electron chi connectivity index (χ1n) is 8.53. The van der Waals surface area contributed by atoms with Gasteiger partial charge in [-0.15, -0.1) is 0 Å². The van der Waals surface area contributed by atoms with Gasteiger partial charge >= 0.3 is 0 Å². The van der Waals surface area contributed by atoms with Crippen molar-refractivity contribution in [3.63, 3.8) is 0 Å². The van der Waals surface area contributed by atoms with Crippen molar-refractivity contribution in [2.24, 2.45) is 0 Å². The number of nitrogens with one attached hydrogen (secondary N) is 2. The van der Waals surface area contributed by atoms with Gasteiger partial charge in [-0.3, -0.25) is 4.79 Å². The van der Waals surface area contributed by atoms with E-state index < -0.39 is 0 Å². The van der Waals surface area contributed by atoms with Crippen molar-refractivity contribution in [2.75, 3.05) is 11.9 Å². The van der Waals surface area contributed by atoms with Crippen LogP contribution in [0.2, 0.25) is 0 Å². The average Bonchev–Trinajstić information content (AvgIpc) is 3.12. The van der Waals surface area contributed by atoms with Gasteiger partial charge in [0.05, 0.1) is 6.33 Å². The van der Waals surface area contributed by atoms with E-state index in [9.17, 15) is 4.79 Å². The zero-order valence-electron chi connectivity index (χ0n) is 14.9. The average molecular weight is 350 g/mol. The van der Waals surface area contributed by atoms with E-state index in [0.717, 1.165) is 30.0 Å². The fourth-order valence-electron chi connectivity index (χ4n) is 2.60. The van der Waals surface area contributed by atoms with Gasteiger partial charge < -0.3 is 15.2 Å². The van der Waals surface area contributed by atoms with Crippen LogP contribution in [-0.2, 0) is 6.54 Å². The molecule has 0 radical (unpaired) electrons. The molecule has 0 saturated carbocycles. The van der Waals surface area contributed by atoms with Crippen LogP contribution in [-0.4, -0.2) is 32.0 Å². The summed E-state index contributed by atoms with van der Waals surface area (Å²) in [6, 6.07) is 9.20. The largest absolute Gasteiger partial charge is 0.352 e. The highest BCUT2D eigenvalue weighted by molar-refractivity contribution is 5.94. The number of benzene rings is 1. The van der Waals surface area contributed by atoms with Crippen LogP contribution in [0.5, 0.6) is 0 Å². The third-order valence-corrected chi connectivity index (χ3v) is 3.82. The number of amides is 1. The first kappa shape index (κ1) is 17.6. The van der Waals surface area contributed by atoms with E-state index in [4.69, 9.17) is 0 Å². The van der Waals surface area contributed by atoms with Crippen LogP contribution in [0, 0.1) is 13.8 Å². The molecule has 3 rings (SSSR count). The maximum atomic E-state index is 12.2. The van der Waals surface area contributed by atoms with Gasteiger partial charge in [0.25, 0.3) is 5.91 Å². The minimum Gasteiger partial charge on any atom is -0.352 e. The number of hydrogen-bond donors (Lipinski definition) is 2. The van der Waals surface area contributed by atoms with Gasteiger partial charge in [0.2, 0.25) is 5.95 Å². The Morgan fingerprint density at radius 1 is 1.12 bits per heavy atom. The first-order valence-corrected chi connectivity index (χ1v) is 8.53. The number of carbonyl (C=O) groups excluding carboxylic acids is 1. The van der Waals surface area contributed by atoms with Crippen LogP contribution in [0.1, 0.15) is 28.2 Å². The summed E-state index contributed by atoms with van der Waals surface area (Å²) in [5.74, 6) is 0.476. The van der Waals surface area contributed by atoms with E-state index in [1.54, 1.807) is 24.7 Å². The Balaban J connectivity index is 1.50. The smallest absolute Gasteiger partial charge is 0.251 e. The van der Waals surface area contributed by atoms with E-state index in [0.29, 0.717) is 18.1 Å². The highest BCUT2D eigenvalue weighted by atomic mass is 16.1. The molecule has 0 bridgehead atoms. The summed E-state index contributed by atoms with van der Waals surface area (Å²) in [4.78, 5) is 24.9. The number of aromatic nitrogens is 4. The molecule has 0 saturated heterocycles. The van der Waals surface area contributed by atoms with Crippen LogP contribution < -0.4 is 10.6 Å². The molecular formula is C19H22N6O. The molecule has 7 heteroatoms. The van der Waals surface area contributed by atoms with Crippen LogP contribution in [0.4, 0.5) is 11.6 Å². The summed E-state index contributed by atoms with van der Waals surface area (Å²) >= 11 is 0. The Labute approximate surface area is 152 Å². The predicted molar refractivity (Wildman–Crippen MR) is 100 cm³/mol. The molecule has 3 aromatic rings. The Hall–Kier alpha value is -3.22. The summed E-state index contributed by atoms with van der Waals surface area (Å²) in [5.41, 5.74) is 3.28. The summed E-state index contributed by atoms with van der Waals surface area (Å²) in [6.45, 7) is 5.31. The zero-order chi connectivity index (χ0) is 18.4. The maximum Gasteiger partial charge on any atom is 0.251 e. The van der Waals surface area contributed by atoms with Gasteiger partial charge in [-0.2, -0.15) is 0 Å². The van der Waals surface area contributed by atoms with Crippen LogP contribution in [0.15, 0.2) is 49.1 Å². The van der Waals surface area contributed by atoms with Crippen LogP contribution in [0.25, 0.3) is 0 Å². The molecule has 0 unspecified atom stereocenters.